The molecule has 0 rings (SSSR count). The van der Waals surface area contributed by atoms with Gasteiger partial charge in [-0.25, -0.2) is 0 Å². The Morgan fingerprint density at radius 1 is 1.12 bits per heavy atom. The molecule has 2 N–H and O–H groups in total. The fourth-order valence-electron chi connectivity index (χ4n) is 1.64. The molecule has 0 aliphatic rings. The Bertz CT molecular complexity index is 212. The molecule has 16 heavy (non-hydrogen) atoms. The van der Waals surface area contributed by atoms with E-state index in [9.17, 15) is 4.79 Å². The largest absolute Gasteiger partial charge is 0.342 e. The van der Waals surface area contributed by atoms with E-state index in [0.29, 0.717) is 18.4 Å². The highest BCUT2D eigenvalue weighted by Crippen LogP contribution is 2.19. The maximum Gasteiger partial charge on any atom is 0.229 e. The van der Waals surface area contributed by atoms with Crippen molar-refractivity contribution in [2.75, 3.05) is 19.6 Å². The molecule has 0 saturated heterocycles. The molecule has 3 nitrogen and oxygen atoms in total. The van der Waals surface area contributed by atoms with Gasteiger partial charge in [0.05, 0.1) is 5.41 Å². The quantitative estimate of drug-likeness (QED) is 0.757. The third-order valence-corrected chi connectivity index (χ3v) is 2.55. The highest BCUT2D eigenvalue weighted by molar-refractivity contribution is 5.82. The summed E-state index contributed by atoms with van der Waals surface area (Å²) in [5, 5.41) is 0. The van der Waals surface area contributed by atoms with Crippen LogP contribution in [0.2, 0.25) is 0 Å². The van der Waals surface area contributed by atoms with Crippen LogP contribution in [-0.2, 0) is 4.79 Å². The average Bonchev–Trinajstić information content (AvgIpc) is 2.14. The van der Waals surface area contributed by atoms with E-state index in [4.69, 9.17) is 5.73 Å². The molecule has 0 bridgehead atoms. The van der Waals surface area contributed by atoms with Crippen molar-refractivity contribution in [1.29, 1.82) is 0 Å². The van der Waals surface area contributed by atoms with Crippen molar-refractivity contribution in [3.63, 3.8) is 0 Å². The lowest BCUT2D eigenvalue weighted by Crippen LogP contribution is -2.47. The van der Waals surface area contributed by atoms with E-state index in [0.717, 1.165) is 13.1 Å². The van der Waals surface area contributed by atoms with Crippen molar-refractivity contribution >= 4 is 5.91 Å². The fourth-order valence-corrected chi connectivity index (χ4v) is 1.64. The number of nitrogens with two attached hydrogens (primary N) is 1. The minimum absolute atomic E-state index is 0.178. The van der Waals surface area contributed by atoms with Crippen LogP contribution in [0.5, 0.6) is 0 Å². The van der Waals surface area contributed by atoms with Gasteiger partial charge in [-0.05, 0) is 25.7 Å². The predicted molar refractivity (Wildman–Crippen MR) is 69.1 cm³/mol. The number of carbonyl (C=O) groups excluding carboxylic acids is 1. The van der Waals surface area contributed by atoms with Crippen LogP contribution in [0.25, 0.3) is 0 Å². The molecule has 0 radical (unpaired) electrons. The van der Waals surface area contributed by atoms with Gasteiger partial charge in [0.1, 0.15) is 0 Å². The predicted octanol–water partition coefficient (Wildman–Crippen LogP) is 2.11. The molecular weight excluding hydrogens is 200 g/mol. The van der Waals surface area contributed by atoms with Crippen molar-refractivity contribution < 1.29 is 4.79 Å². The highest BCUT2D eigenvalue weighted by Gasteiger charge is 2.31. The molecule has 0 aromatic rings. The molecule has 3 heteroatoms. The third-order valence-electron chi connectivity index (χ3n) is 2.55. The normalized spacial score (nSPS) is 12.3. The Morgan fingerprint density at radius 3 is 1.75 bits per heavy atom. The van der Waals surface area contributed by atoms with E-state index >= 15 is 0 Å². The average molecular weight is 228 g/mol. The smallest absolute Gasteiger partial charge is 0.229 e. The van der Waals surface area contributed by atoms with Crippen LogP contribution < -0.4 is 5.73 Å². The number of rotatable bonds is 6. The van der Waals surface area contributed by atoms with Crippen LogP contribution in [0.4, 0.5) is 0 Å². The molecule has 0 aromatic carbocycles. The number of hydrogen-bond donors (Lipinski definition) is 1. The van der Waals surface area contributed by atoms with Crippen LogP contribution >= 0.6 is 0 Å². The molecule has 0 heterocycles. The summed E-state index contributed by atoms with van der Waals surface area (Å²) in [5.74, 6) is 1.17. The second-order valence-electron chi connectivity index (χ2n) is 6.09. The molecule has 1 amide bonds. The van der Waals surface area contributed by atoms with Crippen molar-refractivity contribution in [1.82, 2.24) is 4.90 Å². The Hall–Kier alpha value is -0.570. The maximum atomic E-state index is 12.3. The maximum absolute atomic E-state index is 12.3. The first-order chi connectivity index (χ1) is 7.20. The molecule has 0 saturated carbocycles. The van der Waals surface area contributed by atoms with Gasteiger partial charge in [-0.3, -0.25) is 4.79 Å². The fraction of sp³-hybridized carbons (Fsp3) is 0.923. The summed E-state index contributed by atoms with van der Waals surface area (Å²) in [7, 11) is 0. The van der Waals surface area contributed by atoms with Gasteiger partial charge in [0, 0.05) is 19.6 Å². The minimum Gasteiger partial charge on any atom is -0.342 e. The first-order valence-electron chi connectivity index (χ1n) is 6.20. The van der Waals surface area contributed by atoms with Gasteiger partial charge in [-0.1, -0.05) is 27.7 Å². The van der Waals surface area contributed by atoms with Gasteiger partial charge in [-0.15, -0.1) is 0 Å². The molecule has 96 valence electrons. The summed E-state index contributed by atoms with van der Waals surface area (Å²) >= 11 is 0. The summed E-state index contributed by atoms with van der Waals surface area (Å²) < 4.78 is 0. The van der Waals surface area contributed by atoms with Crippen LogP contribution in [0.1, 0.15) is 41.5 Å². The number of amides is 1. The van der Waals surface area contributed by atoms with Crippen LogP contribution in [0.3, 0.4) is 0 Å². The summed E-state index contributed by atoms with van der Waals surface area (Å²) in [6, 6.07) is 0. The number of hydrogen-bond acceptors (Lipinski definition) is 2. The summed E-state index contributed by atoms with van der Waals surface area (Å²) in [6.07, 6.45) is 0. The summed E-state index contributed by atoms with van der Waals surface area (Å²) in [5.41, 5.74) is 5.22. The zero-order valence-corrected chi connectivity index (χ0v) is 11.7. The molecule has 0 aromatic heterocycles. The summed E-state index contributed by atoms with van der Waals surface area (Å²) in [6.45, 7) is 14.4. The van der Waals surface area contributed by atoms with E-state index < -0.39 is 5.41 Å². The monoisotopic (exact) mass is 228 g/mol. The van der Waals surface area contributed by atoms with E-state index in [1.165, 1.54) is 0 Å². The van der Waals surface area contributed by atoms with Crippen LogP contribution in [0, 0.1) is 17.3 Å². The number of carbonyl (C=O) groups is 1. The number of nitrogens with zero attached hydrogens (tertiary/aromatic N) is 1. The Balaban J connectivity index is 4.68. The van der Waals surface area contributed by atoms with Gasteiger partial charge in [0.15, 0.2) is 0 Å². The molecule has 0 aliphatic heterocycles. The Kier molecular flexibility index (Phi) is 6.01. The van der Waals surface area contributed by atoms with E-state index in [-0.39, 0.29) is 5.91 Å². The topological polar surface area (TPSA) is 46.3 Å². The standard InChI is InChI=1S/C13H28N2O/c1-10(2)7-15(8-11(3)4)12(16)13(5,6)9-14/h10-11H,7-9,14H2,1-6H3. The van der Waals surface area contributed by atoms with Crippen molar-refractivity contribution in [3.8, 4) is 0 Å². The first kappa shape index (κ1) is 15.4. The molecule has 0 fully saturated rings. The molecular formula is C13H28N2O. The Morgan fingerprint density at radius 2 is 1.50 bits per heavy atom. The van der Waals surface area contributed by atoms with Crippen LogP contribution in [0.15, 0.2) is 0 Å². The second-order valence-corrected chi connectivity index (χ2v) is 6.09. The minimum atomic E-state index is -0.441. The second kappa shape index (κ2) is 6.24. The zero-order chi connectivity index (χ0) is 12.9. The first-order valence-corrected chi connectivity index (χ1v) is 6.20. The molecule has 0 atom stereocenters. The molecule has 0 spiro atoms. The third kappa shape index (κ3) is 4.97. The Labute approximate surface area is 100 Å². The highest BCUT2D eigenvalue weighted by atomic mass is 16.2. The van der Waals surface area contributed by atoms with Gasteiger partial charge >= 0.3 is 0 Å². The van der Waals surface area contributed by atoms with Gasteiger partial charge in [0.2, 0.25) is 5.91 Å². The van der Waals surface area contributed by atoms with Gasteiger partial charge in [-0.2, -0.15) is 0 Å². The zero-order valence-electron chi connectivity index (χ0n) is 11.7. The van der Waals surface area contributed by atoms with Gasteiger partial charge in [0.25, 0.3) is 0 Å². The van der Waals surface area contributed by atoms with Crippen molar-refractivity contribution in [2.24, 2.45) is 23.0 Å². The lowest BCUT2D eigenvalue weighted by Gasteiger charge is -2.33. The lowest BCUT2D eigenvalue weighted by atomic mass is 9.91. The van der Waals surface area contributed by atoms with E-state index in [2.05, 4.69) is 27.7 Å². The molecule has 0 unspecified atom stereocenters. The molecule has 0 aliphatic carbocycles. The van der Waals surface area contributed by atoms with Crippen molar-refractivity contribution in [2.45, 2.75) is 41.5 Å². The van der Waals surface area contributed by atoms with E-state index in [1.807, 2.05) is 18.7 Å². The van der Waals surface area contributed by atoms with E-state index in [1.54, 1.807) is 0 Å². The van der Waals surface area contributed by atoms with Crippen LogP contribution in [-0.4, -0.2) is 30.4 Å². The van der Waals surface area contributed by atoms with Crippen molar-refractivity contribution in [3.05, 3.63) is 0 Å². The lowest BCUT2D eigenvalue weighted by molar-refractivity contribution is -0.141. The van der Waals surface area contributed by atoms with Gasteiger partial charge < -0.3 is 10.6 Å². The SMILES string of the molecule is CC(C)CN(CC(C)C)C(=O)C(C)(C)CN. The summed E-state index contributed by atoms with van der Waals surface area (Å²) in [4.78, 5) is 14.3.